The first kappa shape index (κ1) is 18.6. The highest BCUT2D eigenvalue weighted by Gasteiger charge is 2.61. The monoisotopic (exact) mass is 352 g/mol. The Hall–Kier alpha value is -0.780. The van der Waals surface area contributed by atoms with E-state index >= 15 is 0 Å². The Bertz CT molecular complexity index is 492. The smallest absolute Gasteiger partial charge is 0.199 e. The van der Waals surface area contributed by atoms with E-state index in [0.29, 0.717) is 18.8 Å². The first-order valence-electron chi connectivity index (χ1n) is 7.97. The third-order valence-corrected chi connectivity index (χ3v) is 5.23. The zero-order valence-corrected chi connectivity index (χ0v) is 13.8. The van der Waals surface area contributed by atoms with E-state index in [9.17, 15) is 21.4 Å². The molecule has 6 heteroatoms. The molecule has 0 saturated heterocycles. The predicted octanol–water partition coefficient (Wildman–Crippen LogP) is 7.00. The van der Waals surface area contributed by atoms with Gasteiger partial charge in [-0.1, -0.05) is 31.9 Å². The van der Waals surface area contributed by atoms with Crippen LogP contribution in [0.4, 0.5) is 21.4 Å². The Kier molecular flexibility index (Phi) is 5.98. The zero-order valence-electron chi connectivity index (χ0n) is 13.0. The van der Waals surface area contributed by atoms with E-state index < -0.39 is 23.3 Å². The Morgan fingerprint density at radius 3 is 2.04 bits per heavy atom. The molecule has 1 aliphatic rings. The minimum atomic E-state index is -4.24. The topological polar surface area (TPSA) is 0 Å². The van der Waals surface area contributed by atoms with Crippen molar-refractivity contribution in [3.63, 3.8) is 0 Å². The first-order valence-corrected chi connectivity index (χ1v) is 8.69. The van der Waals surface area contributed by atoms with Crippen LogP contribution in [0, 0.1) is 11.8 Å². The molecule has 0 spiro atoms. The van der Waals surface area contributed by atoms with E-state index in [1.54, 1.807) is 0 Å². The SMILES string of the molecule is CCC[C@H]1CC[C@H](C(F)(F)C(F)(F)c2ccc(SF)cc2)CC1. The van der Waals surface area contributed by atoms with Gasteiger partial charge in [0.15, 0.2) is 0 Å². The van der Waals surface area contributed by atoms with Crippen molar-refractivity contribution in [3.05, 3.63) is 29.8 Å². The Morgan fingerprint density at radius 1 is 1.00 bits per heavy atom. The second kappa shape index (κ2) is 7.41. The zero-order chi connectivity index (χ0) is 17.1. The van der Waals surface area contributed by atoms with Crippen LogP contribution in [0.3, 0.4) is 0 Å². The van der Waals surface area contributed by atoms with Gasteiger partial charge in [0.1, 0.15) is 0 Å². The van der Waals surface area contributed by atoms with Gasteiger partial charge in [-0.05, 0) is 43.7 Å². The third kappa shape index (κ3) is 3.83. The summed E-state index contributed by atoms with van der Waals surface area (Å²) in [7, 11) is 0. The molecule has 2 rings (SSSR count). The average molecular weight is 352 g/mol. The summed E-state index contributed by atoms with van der Waals surface area (Å²) in [6.07, 6.45) is 3.39. The molecule has 0 unspecified atom stereocenters. The molecule has 1 fully saturated rings. The van der Waals surface area contributed by atoms with Crippen molar-refractivity contribution in [1.29, 1.82) is 0 Å². The largest absolute Gasteiger partial charge is 0.335 e. The van der Waals surface area contributed by atoms with Crippen LogP contribution in [0.1, 0.15) is 51.0 Å². The summed E-state index contributed by atoms with van der Waals surface area (Å²) in [4.78, 5) is 0.118. The van der Waals surface area contributed by atoms with Gasteiger partial charge in [0.05, 0.1) is 12.1 Å². The van der Waals surface area contributed by atoms with Gasteiger partial charge in [-0.25, -0.2) is 0 Å². The molecule has 1 aromatic rings. The van der Waals surface area contributed by atoms with Gasteiger partial charge < -0.3 is 0 Å². The molecular formula is C17H21F5S. The van der Waals surface area contributed by atoms with Crippen molar-refractivity contribution >= 4 is 12.1 Å². The van der Waals surface area contributed by atoms with Crippen LogP contribution < -0.4 is 0 Å². The molecular weight excluding hydrogens is 331 g/mol. The summed E-state index contributed by atoms with van der Waals surface area (Å²) in [6.45, 7) is 2.04. The van der Waals surface area contributed by atoms with E-state index in [1.807, 2.05) is 6.92 Å². The summed E-state index contributed by atoms with van der Waals surface area (Å²) in [5, 5.41) is 0. The van der Waals surface area contributed by atoms with Gasteiger partial charge in [-0.3, -0.25) is 0 Å². The lowest BCUT2D eigenvalue weighted by Crippen LogP contribution is -2.45. The number of hydrogen-bond donors (Lipinski definition) is 0. The Morgan fingerprint density at radius 2 is 1.57 bits per heavy atom. The number of hydrogen-bond acceptors (Lipinski definition) is 1. The molecule has 0 aliphatic heterocycles. The summed E-state index contributed by atoms with van der Waals surface area (Å²) < 4.78 is 69.9. The van der Waals surface area contributed by atoms with Gasteiger partial charge in [0.2, 0.25) is 0 Å². The van der Waals surface area contributed by atoms with E-state index in [2.05, 4.69) is 0 Å². The maximum atomic E-state index is 14.4. The van der Waals surface area contributed by atoms with Gasteiger partial charge >= 0.3 is 11.8 Å². The molecule has 0 heterocycles. The normalized spacial score (nSPS) is 23.0. The average Bonchev–Trinajstić information content (AvgIpc) is 2.55. The Balaban J connectivity index is 2.13. The van der Waals surface area contributed by atoms with E-state index in [4.69, 9.17) is 0 Å². The maximum Gasteiger partial charge on any atom is 0.335 e. The second-order valence-electron chi connectivity index (χ2n) is 6.31. The molecule has 0 nitrogen and oxygen atoms in total. The number of benzene rings is 1. The quantitative estimate of drug-likeness (QED) is 0.497. The van der Waals surface area contributed by atoms with Crippen LogP contribution >= 0.6 is 12.1 Å². The first-order chi connectivity index (χ1) is 10.8. The predicted molar refractivity (Wildman–Crippen MR) is 82.6 cm³/mol. The van der Waals surface area contributed by atoms with Crippen LogP contribution in [0.15, 0.2) is 29.2 Å². The molecule has 0 amide bonds. The minimum Gasteiger partial charge on any atom is -0.199 e. The summed E-state index contributed by atoms with van der Waals surface area (Å²) in [6, 6.07) is 3.97. The van der Waals surface area contributed by atoms with Crippen molar-refractivity contribution in [2.24, 2.45) is 11.8 Å². The van der Waals surface area contributed by atoms with Crippen molar-refractivity contribution < 1.29 is 21.4 Å². The standard InChI is InChI=1S/C17H21F5S/c1-2-3-12-4-6-13(7-5-12)16(18,19)17(20,21)14-8-10-15(23-22)11-9-14/h8-13H,2-7H2,1H3/t12-,13-. The molecule has 0 aromatic heterocycles. The highest BCUT2D eigenvalue weighted by molar-refractivity contribution is 7.94. The summed E-state index contributed by atoms with van der Waals surface area (Å²) in [5.41, 5.74) is -0.754. The van der Waals surface area contributed by atoms with Crippen LogP contribution in [0.5, 0.6) is 0 Å². The molecule has 23 heavy (non-hydrogen) atoms. The van der Waals surface area contributed by atoms with Gasteiger partial charge in [-0.2, -0.15) is 21.4 Å². The van der Waals surface area contributed by atoms with Crippen LogP contribution in [-0.4, -0.2) is 5.92 Å². The molecule has 1 saturated carbocycles. The molecule has 0 N–H and O–H groups in total. The van der Waals surface area contributed by atoms with Crippen molar-refractivity contribution in [3.8, 4) is 0 Å². The molecule has 1 aromatic carbocycles. The van der Waals surface area contributed by atoms with Crippen molar-refractivity contribution in [1.82, 2.24) is 0 Å². The highest BCUT2D eigenvalue weighted by Crippen LogP contribution is 2.52. The number of rotatable bonds is 6. The summed E-state index contributed by atoms with van der Waals surface area (Å²) >= 11 is -0.104. The van der Waals surface area contributed by atoms with Gasteiger partial charge in [0, 0.05) is 16.4 Å². The van der Waals surface area contributed by atoms with E-state index in [1.165, 1.54) is 0 Å². The fourth-order valence-corrected chi connectivity index (χ4v) is 3.63. The number of halogens is 5. The number of alkyl halides is 4. The molecule has 0 radical (unpaired) electrons. The van der Waals surface area contributed by atoms with Gasteiger partial charge in [-0.15, -0.1) is 0 Å². The second-order valence-corrected chi connectivity index (χ2v) is 6.93. The lowest BCUT2D eigenvalue weighted by atomic mass is 9.75. The molecule has 0 atom stereocenters. The lowest BCUT2D eigenvalue weighted by Gasteiger charge is -2.37. The lowest BCUT2D eigenvalue weighted by molar-refractivity contribution is -0.249. The Labute approximate surface area is 138 Å². The highest BCUT2D eigenvalue weighted by atomic mass is 32.2. The molecule has 1 aliphatic carbocycles. The third-order valence-electron chi connectivity index (χ3n) is 4.78. The minimum absolute atomic E-state index is 0.104. The van der Waals surface area contributed by atoms with Gasteiger partial charge in [0.25, 0.3) is 0 Å². The molecule has 130 valence electrons. The fourth-order valence-electron chi connectivity index (χ4n) is 3.39. The maximum absolute atomic E-state index is 14.4. The van der Waals surface area contributed by atoms with Crippen LogP contribution in [0.25, 0.3) is 0 Å². The van der Waals surface area contributed by atoms with E-state index in [-0.39, 0.29) is 29.9 Å². The van der Waals surface area contributed by atoms with Crippen LogP contribution in [0.2, 0.25) is 0 Å². The van der Waals surface area contributed by atoms with Crippen LogP contribution in [-0.2, 0) is 5.92 Å². The fraction of sp³-hybridized carbons (Fsp3) is 0.647. The van der Waals surface area contributed by atoms with Crippen molar-refractivity contribution in [2.75, 3.05) is 0 Å². The van der Waals surface area contributed by atoms with E-state index in [0.717, 1.165) is 37.1 Å². The molecule has 0 bridgehead atoms. The van der Waals surface area contributed by atoms with Crippen molar-refractivity contribution in [2.45, 2.75) is 62.2 Å². The summed E-state index contributed by atoms with van der Waals surface area (Å²) in [5.74, 6) is -9.26.